The smallest absolute Gasteiger partial charge is 0.0440 e. The van der Waals surface area contributed by atoms with Gasteiger partial charge in [0, 0.05) is 5.02 Å². The highest BCUT2D eigenvalue weighted by atomic mass is 35.5. The summed E-state index contributed by atoms with van der Waals surface area (Å²) in [5.74, 6) is 0. The lowest BCUT2D eigenvalue weighted by molar-refractivity contribution is 1.00. The molecule has 0 spiro atoms. The molecule has 0 saturated heterocycles. The first-order valence-corrected chi connectivity index (χ1v) is 4.48. The molecule has 64 valence electrons. The van der Waals surface area contributed by atoms with Gasteiger partial charge in [0.2, 0.25) is 0 Å². The minimum absolute atomic E-state index is 0.872. The average molecular weight is 181 g/mol. The number of rotatable bonds is 3. The standard InChI is InChI=1S/C11H13Cl/c1-3-4-5-10-7-6-9(2)8-11(10)12/h3,6-8H,1,4-5H2,2H3. The van der Waals surface area contributed by atoms with Gasteiger partial charge in [-0.2, -0.15) is 0 Å². The minimum atomic E-state index is 0.872. The lowest BCUT2D eigenvalue weighted by atomic mass is 10.1. The first-order chi connectivity index (χ1) is 5.74. The van der Waals surface area contributed by atoms with Crippen molar-refractivity contribution in [2.45, 2.75) is 19.8 Å². The van der Waals surface area contributed by atoms with Gasteiger partial charge >= 0.3 is 0 Å². The monoisotopic (exact) mass is 180 g/mol. The van der Waals surface area contributed by atoms with Crippen LogP contribution in [0.15, 0.2) is 30.9 Å². The molecule has 0 amide bonds. The summed E-state index contributed by atoms with van der Waals surface area (Å²) in [6.45, 7) is 5.72. The summed E-state index contributed by atoms with van der Waals surface area (Å²) in [7, 11) is 0. The molecule has 0 fully saturated rings. The average Bonchev–Trinajstić information content (AvgIpc) is 2.03. The summed E-state index contributed by atoms with van der Waals surface area (Å²) < 4.78 is 0. The van der Waals surface area contributed by atoms with Crippen LogP contribution >= 0.6 is 11.6 Å². The molecule has 1 rings (SSSR count). The number of benzene rings is 1. The van der Waals surface area contributed by atoms with Gasteiger partial charge in [0.05, 0.1) is 0 Å². The Balaban J connectivity index is 2.78. The van der Waals surface area contributed by atoms with Gasteiger partial charge in [0.15, 0.2) is 0 Å². The Bertz CT molecular complexity index is 276. The summed E-state index contributed by atoms with van der Waals surface area (Å²) in [4.78, 5) is 0. The largest absolute Gasteiger partial charge is 0.103 e. The maximum atomic E-state index is 6.03. The van der Waals surface area contributed by atoms with Crippen molar-refractivity contribution >= 4 is 11.6 Å². The molecule has 1 heteroatoms. The molecular formula is C11H13Cl. The van der Waals surface area contributed by atoms with Gasteiger partial charge < -0.3 is 0 Å². The maximum absolute atomic E-state index is 6.03. The van der Waals surface area contributed by atoms with Crippen LogP contribution < -0.4 is 0 Å². The van der Waals surface area contributed by atoms with Gasteiger partial charge in [0.1, 0.15) is 0 Å². The Morgan fingerprint density at radius 3 is 2.83 bits per heavy atom. The van der Waals surface area contributed by atoms with Crippen LogP contribution in [0.1, 0.15) is 17.5 Å². The number of halogens is 1. The van der Waals surface area contributed by atoms with Crippen molar-refractivity contribution in [2.24, 2.45) is 0 Å². The maximum Gasteiger partial charge on any atom is 0.0440 e. The number of hydrogen-bond donors (Lipinski definition) is 0. The van der Waals surface area contributed by atoms with Crippen LogP contribution in [0.25, 0.3) is 0 Å². The first-order valence-electron chi connectivity index (χ1n) is 4.10. The predicted molar refractivity (Wildman–Crippen MR) is 54.7 cm³/mol. The molecule has 0 radical (unpaired) electrons. The zero-order valence-electron chi connectivity index (χ0n) is 7.31. The zero-order chi connectivity index (χ0) is 8.97. The van der Waals surface area contributed by atoms with Crippen LogP contribution in [0.5, 0.6) is 0 Å². The Kier molecular flexibility index (Phi) is 3.36. The minimum Gasteiger partial charge on any atom is -0.103 e. The van der Waals surface area contributed by atoms with Gasteiger partial charge in [-0.05, 0) is 37.0 Å². The number of allylic oxidation sites excluding steroid dienone is 1. The zero-order valence-corrected chi connectivity index (χ0v) is 8.06. The molecule has 12 heavy (non-hydrogen) atoms. The fourth-order valence-electron chi connectivity index (χ4n) is 1.11. The van der Waals surface area contributed by atoms with E-state index < -0.39 is 0 Å². The highest BCUT2D eigenvalue weighted by Gasteiger charge is 1.98. The molecule has 0 heterocycles. The van der Waals surface area contributed by atoms with Crippen molar-refractivity contribution in [2.75, 3.05) is 0 Å². The Morgan fingerprint density at radius 2 is 2.25 bits per heavy atom. The lowest BCUT2D eigenvalue weighted by Gasteiger charge is -2.02. The van der Waals surface area contributed by atoms with Gasteiger partial charge in [-0.15, -0.1) is 6.58 Å². The van der Waals surface area contributed by atoms with Crippen LogP contribution in [0, 0.1) is 6.92 Å². The fourth-order valence-corrected chi connectivity index (χ4v) is 1.44. The number of aryl methyl sites for hydroxylation is 2. The highest BCUT2D eigenvalue weighted by molar-refractivity contribution is 6.31. The summed E-state index contributed by atoms with van der Waals surface area (Å²) >= 11 is 6.03. The lowest BCUT2D eigenvalue weighted by Crippen LogP contribution is -1.85. The van der Waals surface area contributed by atoms with Crippen molar-refractivity contribution < 1.29 is 0 Å². The molecule has 0 aliphatic rings. The predicted octanol–water partition coefficient (Wildman–Crippen LogP) is 3.77. The van der Waals surface area contributed by atoms with Crippen molar-refractivity contribution in [3.8, 4) is 0 Å². The molecule has 1 aromatic carbocycles. The molecule has 0 nitrogen and oxygen atoms in total. The molecule has 0 N–H and O–H groups in total. The third-order valence-electron chi connectivity index (χ3n) is 1.83. The van der Waals surface area contributed by atoms with Gasteiger partial charge in [-0.3, -0.25) is 0 Å². The van der Waals surface area contributed by atoms with E-state index in [-0.39, 0.29) is 0 Å². The SMILES string of the molecule is C=CCCc1ccc(C)cc1Cl. The highest BCUT2D eigenvalue weighted by Crippen LogP contribution is 2.18. The molecule has 0 atom stereocenters. The second kappa shape index (κ2) is 4.32. The van der Waals surface area contributed by atoms with E-state index in [1.165, 1.54) is 11.1 Å². The summed E-state index contributed by atoms with van der Waals surface area (Å²) in [6, 6.07) is 6.17. The topological polar surface area (TPSA) is 0 Å². The van der Waals surface area contributed by atoms with Crippen molar-refractivity contribution in [1.29, 1.82) is 0 Å². The van der Waals surface area contributed by atoms with E-state index >= 15 is 0 Å². The van der Waals surface area contributed by atoms with E-state index in [0.717, 1.165) is 17.9 Å². The molecule has 0 aliphatic heterocycles. The quantitative estimate of drug-likeness (QED) is 0.622. The van der Waals surface area contributed by atoms with Gasteiger partial charge in [-0.1, -0.05) is 29.8 Å². The van der Waals surface area contributed by atoms with E-state index in [4.69, 9.17) is 11.6 Å². The van der Waals surface area contributed by atoms with E-state index in [2.05, 4.69) is 18.7 Å². The second-order valence-corrected chi connectivity index (χ2v) is 3.33. The van der Waals surface area contributed by atoms with Crippen LogP contribution in [-0.2, 0) is 6.42 Å². The summed E-state index contributed by atoms with van der Waals surface area (Å²) in [5.41, 5.74) is 2.42. The molecule has 1 aromatic rings. The summed E-state index contributed by atoms with van der Waals surface area (Å²) in [6.07, 6.45) is 3.89. The van der Waals surface area contributed by atoms with E-state index in [9.17, 15) is 0 Å². The summed E-state index contributed by atoms with van der Waals surface area (Å²) in [5, 5.41) is 0.872. The van der Waals surface area contributed by atoms with Gasteiger partial charge in [0.25, 0.3) is 0 Å². The van der Waals surface area contributed by atoms with E-state index in [1.807, 2.05) is 19.1 Å². The van der Waals surface area contributed by atoms with Crippen LogP contribution in [-0.4, -0.2) is 0 Å². The molecule has 0 aliphatic carbocycles. The van der Waals surface area contributed by atoms with Crippen molar-refractivity contribution in [3.63, 3.8) is 0 Å². The van der Waals surface area contributed by atoms with Crippen molar-refractivity contribution in [3.05, 3.63) is 47.0 Å². The molecule has 0 bridgehead atoms. The van der Waals surface area contributed by atoms with E-state index in [1.54, 1.807) is 0 Å². The molecule has 0 aromatic heterocycles. The van der Waals surface area contributed by atoms with Crippen LogP contribution in [0.2, 0.25) is 5.02 Å². The fraction of sp³-hybridized carbons (Fsp3) is 0.273. The third kappa shape index (κ3) is 2.38. The third-order valence-corrected chi connectivity index (χ3v) is 2.18. The Morgan fingerprint density at radius 1 is 1.50 bits per heavy atom. The Hall–Kier alpha value is -0.750. The van der Waals surface area contributed by atoms with Crippen LogP contribution in [0.3, 0.4) is 0 Å². The van der Waals surface area contributed by atoms with E-state index in [0.29, 0.717) is 0 Å². The number of hydrogen-bond acceptors (Lipinski definition) is 0. The first kappa shape index (κ1) is 9.34. The Labute approximate surface area is 78.9 Å². The molecule has 0 saturated carbocycles. The normalized spacial score (nSPS) is 9.83. The second-order valence-electron chi connectivity index (χ2n) is 2.92. The molecular weight excluding hydrogens is 168 g/mol. The van der Waals surface area contributed by atoms with Crippen molar-refractivity contribution in [1.82, 2.24) is 0 Å². The van der Waals surface area contributed by atoms with Crippen LogP contribution in [0.4, 0.5) is 0 Å². The van der Waals surface area contributed by atoms with Gasteiger partial charge in [-0.25, -0.2) is 0 Å². The molecule has 0 unspecified atom stereocenters.